The number of aryl methyl sites for hydroxylation is 2. The molecule has 0 radical (unpaired) electrons. The molecule has 0 saturated carbocycles. The van der Waals surface area contributed by atoms with E-state index in [9.17, 15) is 5.11 Å². The second-order valence-corrected chi connectivity index (χ2v) is 5.03. The smallest absolute Gasteiger partial charge is 0.133 e. The van der Waals surface area contributed by atoms with Gasteiger partial charge in [0.25, 0.3) is 0 Å². The molecule has 1 atom stereocenters. The molecule has 1 aromatic heterocycles. The molecule has 18 heavy (non-hydrogen) atoms. The van der Waals surface area contributed by atoms with E-state index in [1.54, 1.807) is 0 Å². The zero-order valence-electron chi connectivity index (χ0n) is 11.4. The van der Waals surface area contributed by atoms with Gasteiger partial charge in [0.15, 0.2) is 0 Å². The van der Waals surface area contributed by atoms with Crippen LogP contribution in [0.1, 0.15) is 49.7 Å². The third kappa shape index (κ3) is 3.19. The molecular weight excluding hydrogens is 226 g/mol. The number of aromatic nitrogens is 2. The van der Waals surface area contributed by atoms with Gasteiger partial charge in [0.05, 0.1) is 6.10 Å². The fourth-order valence-electron chi connectivity index (χ4n) is 2.42. The minimum absolute atomic E-state index is 0.212. The number of anilines is 1. The van der Waals surface area contributed by atoms with Crippen molar-refractivity contribution < 1.29 is 5.11 Å². The first-order valence-electron chi connectivity index (χ1n) is 6.99. The molecule has 0 aliphatic heterocycles. The van der Waals surface area contributed by atoms with Crippen molar-refractivity contribution in [2.75, 3.05) is 11.9 Å². The van der Waals surface area contributed by atoms with Crippen LogP contribution in [0.15, 0.2) is 0 Å². The van der Waals surface area contributed by atoms with E-state index in [-0.39, 0.29) is 6.10 Å². The van der Waals surface area contributed by atoms with E-state index in [2.05, 4.69) is 15.3 Å². The Morgan fingerprint density at radius 2 is 2.06 bits per heavy atom. The van der Waals surface area contributed by atoms with Crippen LogP contribution in [-0.2, 0) is 12.8 Å². The third-order valence-corrected chi connectivity index (χ3v) is 3.54. The van der Waals surface area contributed by atoms with Gasteiger partial charge in [-0.25, -0.2) is 9.97 Å². The summed E-state index contributed by atoms with van der Waals surface area (Å²) in [5.41, 5.74) is 2.50. The lowest BCUT2D eigenvalue weighted by Gasteiger charge is -2.19. The Morgan fingerprint density at radius 3 is 2.83 bits per heavy atom. The van der Waals surface area contributed by atoms with E-state index >= 15 is 0 Å². The van der Waals surface area contributed by atoms with Crippen LogP contribution in [0.4, 0.5) is 5.82 Å². The normalized spacial score (nSPS) is 16.2. The van der Waals surface area contributed by atoms with Crippen LogP contribution in [0.3, 0.4) is 0 Å². The third-order valence-electron chi connectivity index (χ3n) is 3.54. The molecule has 1 aromatic rings. The van der Waals surface area contributed by atoms with Gasteiger partial charge in [-0.2, -0.15) is 0 Å². The molecule has 0 amide bonds. The van der Waals surface area contributed by atoms with Crippen LogP contribution in [0.25, 0.3) is 0 Å². The highest BCUT2D eigenvalue weighted by atomic mass is 16.3. The highest BCUT2D eigenvalue weighted by molar-refractivity contribution is 5.47. The maximum atomic E-state index is 9.56. The summed E-state index contributed by atoms with van der Waals surface area (Å²) < 4.78 is 0. The summed E-state index contributed by atoms with van der Waals surface area (Å²) in [5.74, 6) is 1.83. The van der Waals surface area contributed by atoms with Crippen molar-refractivity contribution in [1.82, 2.24) is 9.97 Å². The number of rotatable bonds is 5. The van der Waals surface area contributed by atoms with E-state index in [1.165, 1.54) is 24.1 Å². The van der Waals surface area contributed by atoms with E-state index in [1.807, 2.05) is 13.8 Å². The van der Waals surface area contributed by atoms with Gasteiger partial charge in [-0.3, -0.25) is 0 Å². The molecule has 1 aliphatic carbocycles. The van der Waals surface area contributed by atoms with Crippen LogP contribution in [-0.4, -0.2) is 27.7 Å². The average molecular weight is 249 g/mol. The van der Waals surface area contributed by atoms with Crippen molar-refractivity contribution in [2.24, 2.45) is 0 Å². The lowest BCUT2D eigenvalue weighted by Crippen LogP contribution is -2.17. The first kappa shape index (κ1) is 13.3. The zero-order valence-corrected chi connectivity index (χ0v) is 11.4. The Hall–Kier alpha value is -1.16. The first-order valence-corrected chi connectivity index (χ1v) is 6.99. The molecule has 100 valence electrons. The molecule has 1 aliphatic rings. The van der Waals surface area contributed by atoms with Gasteiger partial charge in [-0.15, -0.1) is 0 Å². The molecule has 0 fully saturated rings. The number of nitrogens with zero attached hydrogens (tertiary/aromatic N) is 2. The molecule has 2 rings (SSSR count). The van der Waals surface area contributed by atoms with Gasteiger partial charge in [0.2, 0.25) is 0 Å². The molecule has 4 nitrogen and oxygen atoms in total. The van der Waals surface area contributed by atoms with Crippen molar-refractivity contribution >= 4 is 5.82 Å². The summed E-state index contributed by atoms with van der Waals surface area (Å²) in [4.78, 5) is 9.04. The monoisotopic (exact) mass is 249 g/mol. The maximum Gasteiger partial charge on any atom is 0.133 e. The lowest BCUT2D eigenvalue weighted by molar-refractivity contribution is 0.164. The van der Waals surface area contributed by atoms with Gasteiger partial charge in [-0.1, -0.05) is 6.92 Å². The fraction of sp³-hybridized carbons (Fsp3) is 0.714. The summed E-state index contributed by atoms with van der Waals surface area (Å²) in [6.45, 7) is 4.72. The van der Waals surface area contributed by atoms with Crippen molar-refractivity contribution in [3.05, 3.63) is 17.1 Å². The zero-order chi connectivity index (χ0) is 13.0. The molecule has 4 heteroatoms. The molecule has 0 spiro atoms. The second-order valence-electron chi connectivity index (χ2n) is 5.03. The number of hydrogen-bond donors (Lipinski definition) is 2. The van der Waals surface area contributed by atoms with E-state index in [4.69, 9.17) is 0 Å². The predicted molar refractivity (Wildman–Crippen MR) is 72.8 cm³/mol. The van der Waals surface area contributed by atoms with Crippen molar-refractivity contribution in [3.8, 4) is 0 Å². The van der Waals surface area contributed by atoms with Crippen LogP contribution in [0.2, 0.25) is 0 Å². The van der Waals surface area contributed by atoms with Crippen molar-refractivity contribution in [2.45, 2.75) is 58.5 Å². The summed E-state index contributed by atoms with van der Waals surface area (Å²) >= 11 is 0. The molecule has 2 N–H and O–H groups in total. The van der Waals surface area contributed by atoms with Gasteiger partial charge in [0, 0.05) is 17.8 Å². The van der Waals surface area contributed by atoms with Crippen molar-refractivity contribution in [1.29, 1.82) is 0 Å². The van der Waals surface area contributed by atoms with Gasteiger partial charge >= 0.3 is 0 Å². The SMILES string of the molecule is CCC(O)CCNc1nc(C)nc2c1CCCC2. The van der Waals surface area contributed by atoms with Gasteiger partial charge < -0.3 is 10.4 Å². The Morgan fingerprint density at radius 1 is 1.28 bits per heavy atom. The van der Waals surface area contributed by atoms with E-state index < -0.39 is 0 Å². The highest BCUT2D eigenvalue weighted by Gasteiger charge is 2.16. The number of aliphatic hydroxyl groups excluding tert-OH is 1. The molecule has 1 unspecified atom stereocenters. The predicted octanol–water partition coefficient (Wildman–Crippen LogP) is 2.24. The Labute approximate surface area is 109 Å². The Balaban J connectivity index is 2.05. The van der Waals surface area contributed by atoms with Crippen molar-refractivity contribution in [3.63, 3.8) is 0 Å². The number of hydrogen-bond acceptors (Lipinski definition) is 4. The summed E-state index contributed by atoms with van der Waals surface area (Å²) in [7, 11) is 0. The fourth-order valence-corrected chi connectivity index (χ4v) is 2.42. The van der Waals surface area contributed by atoms with Crippen LogP contribution >= 0.6 is 0 Å². The summed E-state index contributed by atoms with van der Waals surface area (Å²) in [6, 6.07) is 0. The topological polar surface area (TPSA) is 58.0 Å². The number of fused-ring (bicyclic) bond motifs is 1. The van der Waals surface area contributed by atoms with Gasteiger partial charge in [-0.05, 0) is 45.4 Å². The molecular formula is C14H23N3O. The second kappa shape index (κ2) is 6.14. The minimum Gasteiger partial charge on any atom is -0.393 e. The molecule has 0 bridgehead atoms. The standard InChI is InChI=1S/C14H23N3O/c1-3-11(18)8-9-15-14-12-6-4-5-7-13(12)16-10(2)17-14/h11,18H,3-9H2,1-2H3,(H,15,16,17). The molecule has 0 saturated heterocycles. The minimum atomic E-state index is -0.212. The van der Waals surface area contributed by atoms with E-state index in [0.29, 0.717) is 0 Å². The Kier molecular flexibility index (Phi) is 4.53. The number of aliphatic hydroxyl groups is 1. The first-order chi connectivity index (χ1) is 8.70. The van der Waals surface area contributed by atoms with Crippen LogP contribution < -0.4 is 5.32 Å². The number of nitrogens with one attached hydrogen (secondary N) is 1. The van der Waals surface area contributed by atoms with Gasteiger partial charge in [0.1, 0.15) is 11.6 Å². The van der Waals surface area contributed by atoms with E-state index in [0.717, 1.165) is 43.9 Å². The quantitative estimate of drug-likeness (QED) is 0.840. The average Bonchev–Trinajstić information content (AvgIpc) is 2.38. The molecule has 1 heterocycles. The largest absolute Gasteiger partial charge is 0.393 e. The summed E-state index contributed by atoms with van der Waals surface area (Å²) in [6.07, 6.45) is 5.98. The Bertz CT molecular complexity index is 406. The highest BCUT2D eigenvalue weighted by Crippen LogP contribution is 2.25. The van der Waals surface area contributed by atoms with Crippen LogP contribution in [0, 0.1) is 6.92 Å². The summed E-state index contributed by atoms with van der Waals surface area (Å²) in [5, 5.41) is 12.9. The molecule has 0 aromatic carbocycles. The maximum absolute atomic E-state index is 9.56. The van der Waals surface area contributed by atoms with Crippen LogP contribution in [0.5, 0.6) is 0 Å². The lowest BCUT2D eigenvalue weighted by atomic mass is 9.96.